The molecule has 138 valence electrons. The lowest BCUT2D eigenvalue weighted by atomic mass is 10.2. The second kappa shape index (κ2) is 8.23. The summed E-state index contributed by atoms with van der Waals surface area (Å²) in [6.45, 7) is 0.328. The zero-order chi connectivity index (χ0) is 18.4. The molecule has 2 aromatic rings. The Balaban J connectivity index is 1.42. The van der Waals surface area contributed by atoms with Crippen LogP contribution in [0.5, 0.6) is 11.5 Å². The summed E-state index contributed by atoms with van der Waals surface area (Å²) < 4.78 is 33.9. The minimum atomic E-state index is -3.01. The van der Waals surface area contributed by atoms with Crippen LogP contribution in [-0.4, -0.2) is 38.5 Å². The van der Waals surface area contributed by atoms with Gasteiger partial charge >= 0.3 is 0 Å². The highest BCUT2D eigenvalue weighted by molar-refractivity contribution is 7.91. The van der Waals surface area contributed by atoms with E-state index < -0.39 is 9.84 Å². The molecular weight excluding hydrogens is 354 g/mol. The van der Waals surface area contributed by atoms with E-state index in [-0.39, 0.29) is 30.1 Å². The van der Waals surface area contributed by atoms with Crippen LogP contribution in [0.2, 0.25) is 0 Å². The molecule has 0 spiro atoms. The van der Waals surface area contributed by atoms with Gasteiger partial charge in [0, 0.05) is 6.04 Å². The van der Waals surface area contributed by atoms with E-state index in [1.165, 1.54) is 0 Å². The van der Waals surface area contributed by atoms with Crippen molar-refractivity contribution in [3.8, 4) is 11.5 Å². The summed E-state index contributed by atoms with van der Waals surface area (Å²) in [4.78, 5) is 11.9. The molecule has 6 nitrogen and oxygen atoms in total. The Labute approximate surface area is 153 Å². The topological polar surface area (TPSA) is 81.7 Å². The van der Waals surface area contributed by atoms with E-state index in [1.807, 2.05) is 30.3 Å². The average molecular weight is 375 g/mol. The van der Waals surface area contributed by atoms with Gasteiger partial charge in [-0.1, -0.05) is 30.3 Å². The van der Waals surface area contributed by atoms with E-state index in [2.05, 4.69) is 5.32 Å². The lowest BCUT2D eigenvalue weighted by molar-refractivity contribution is -0.123. The highest BCUT2D eigenvalue weighted by Crippen LogP contribution is 2.19. The molecule has 1 N–H and O–H groups in total. The van der Waals surface area contributed by atoms with Crippen LogP contribution in [0.3, 0.4) is 0 Å². The van der Waals surface area contributed by atoms with Crippen LogP contribution in [-0.2, 0) is 21.2 Å². The van der Waals surface area contributed by atoms with E-state index in [9.17, 15) is 13.2 Å². The van der Waals surface area contributed by atoms with Gasteiger partial charge in [0.15, 0.2) is 16.4 Å². The highest BCUT2D eigenvalue weighted by Gasteiger charge is 2.28. The summed E-state index contributed by atoms with van der Waals surface area (Å²) in [5.74, 6) is 1.07. The molecule has 7 heteroatoms. The van der Waals surface area contributed by atoms with Crippen molar-refractivity contribution in [2.24, 2.45) is 0 Å². The number of benzene rings is 2. The standard InChI is InChI=1S/C19H21NO5S/c21-19(20-16-10-11-26(22,23)14-16)13-25-18-8-6-17(7-9-18)24-12-15-4-2-1-3-5-15/h1-9,16H,10-14H2,(H,20,21). The Morgan fingerprint density at radius 3 is 2.27 bits per heavy atom. The highest BCUT2D eigenvalue weighted by atomic mass is 32.2. The zero-order valence-electron chi connectivity index (χ0n) is 14.3. The van der Waals surface area contributed by atoms with E-state index in [1.54, 1.807) is 24.3 Å². The fraction of sp³-hybridized carbons (Fsp3) is 0.316. The summed E-state index contributed by atoms with van der Waals surface area (Å²) in [7, 11) is -3.01. The van der Waals surface area contributed by atoms with E-state index in [0.717, 1.165) is 5.56 Å². The lowest BCUT2D eigenvalue weighted by Gasteiger charge is -2.12. The number of sulfone groups is 1. The normalized spacial score (nSPS) is 18.2. The number of amides is 1. The van der Waals surface area contributed by atoms with Crippen LogP contribution in [0.25, 0.3) is 0 Å². The maximum Gasteiger partial charge on any atom is 0.258 e. The third-order valence-electron chi connectivity index (χ3n) is 4.04. The van der Waals surface area contributed by atoms with Crippen LogP contribution in [0.1, 0.15) is 12.0 Å². The van der Waals surface area contributed by atoms with Gasteiger partial charge in [0.2, 0.25) is 0 Å². The minimum Gasteiger partial charge on any atom is -0.489 e. The van der Waals surface area contributed by atoms with Crippen LogP contribution in [0.15, 0.2) is 54.6 Å². The molecule has 1 saturated heterocycles. The second-order valence-corrected chi connectivity index (χ2v) is 8.43. The number of nitrogens with one attached hydrogen (secondary N) is 1. The van der Waals surface area contributed by atoms with E-state index in [0.29, 0.717) is 24.5 Å². The number of hydrogen-bond donors (Lipinski definition) is 1. The van der Waals surface area contributed by atoms with Crippen molar-refractivity contribution in [1.82, 2.24) is 5.32 Å². The van der Waals surface area contributed by atoms with Crippen molar-refractivity contribution in [3.63, 3.8) is 0 Å². The fourth-order valence-corrected chi connectivity index (χ4v) is 4.37. The fourth-order valence-electron chi connectivity index (χ4n) is 2.70. The molecule has 26 heavy (non-hydrogen) atoms. The third-order valence-corrected chi connectivity index (χ3v) is 5.81. The Bertz CT molecular complexity index is 834. The Hall–Kier alpha value is -2.54. The maximum absolute atomic E-state index is 11.9. The first-order valence-electron chi connectivity index (χ1n) is 8.39. The van der Waals surface area contributed by atoms with Gasteiger partial charge in [0.05, 0.1) is 11.5 Å². The summed E-state index contributed by atoms with van der Waals surface area (Å²) in [5, 5.41) is 2.69. The Kier molecular flexibility index (Phi) is 5.78. The Morgan fingerprint density at radius 1 is 1.00 bits per heavy atom. The molecule has 1 aliphatic rings. The van der Waals surface area contributed by atoms with Crippen molar-refractivity contribution in [3.05, 3.63) is 60.2 Å². The van der Waals surface area contributed by atoms with E-state index in [4.69, 9.17) is 9.47 Å². The smallest absolute Gasteiger partial charge is 0.258 e. The lowest BCUT2D eigenvalue weighted by Crippen LogP contribution is -2.38. The van der Waals surface area contributed by atoms with Gasteiger partial charge in [-0.05, 0) is 36.2 Å². The number of carbonyl (C=O) groups is 1. The van der Waals surface area contributed by atoms with Crippen LogP contribution in [0.4, 0.5) is 0 Å². The van der Waals surface area contributed by atoms with Crippen LogP contribution >= 0.6 is 0 Å². The van der Waals surface area contributed by atoms with Gasteiger partial charge in [-0.2, -0.15) is 0 Å². The average Bonchev–Trinajstić information content (AvgIpc) is 2.98. The number of hydrogen-bond acceptors (Lipinski definition) is 5. The molecule has 0 radical (unpaired) electrons. The number of ether oxygens (including phenoxy) is 2. The second-order valence-electron chi connectivity index (χ2n) is 6.20. The van der Waals surface area contributed by atoms with Crippen molar-refractivity contribution in [2.75, 3.05) is 18.1 Å². The molecule has 2 aromatic carbocycles. The van der Waals surface area contributed by atoms with Crippen molar-refractivity contribution in [2.45, 2.75) is 19.1 Å². The minimum absolute atomic E-state index is 0.00614. The van der Waals surface area contributed by atoms with E-state index >= 15 is 0 Å². The van der Waals surface area contributed by atoms with Crippen molar-refractivity contribution < 1.29 is 22.7 Å². The molecule has 1 unspecified atom stereocenters. The first-order chi connectivity index (χ1) is 12.5. The molecule has 1 amide bonds. The predicted octanol–water partition coefficient (Wildman–Crippen LogP) is 1.95. The Morgan fingerprint density at radius 2 is 1.65 bits per heavy atom. The summed E-state index contributed by atoms with van der Waals surface area (Å²) in [5.41, 5.74) is 1.08. The summed E-state index contributed by atoms with van der Waals surface area (Å²) in [6, 6.07) is 16.6. The van der Waals surface area contributed by atoms with Crippen molar-refractivity contribution >= 4 is 15.7 Å². The van der Waals surface area contributed by atoms with Gasteiger partial charge in [-0.3, -0.25) is 4.79 Å². The summed E-state index contributed by atoms with van der Waals surface area (Å²) >= 11 is 0. The first kappa shape index (κ1) is 18.3. The van der Waals surface area contributed by atoms with Gasteiger partial charge in [0.1, 0.15) is 18.1 Å². The van der Waals surface area contributed by atoms with Crippen LogP contribution in [0, 0.1) is 0 Å². The number of rotatable bonds is 7. The largest absolute Gasteiger partial charge is 0.489 e. The predicted molar refractivity (Wildman–Crippen MR) is 97.9 cm³/mol. The van der Waals surface area contributed by atoms with Gasteiger partial charge in [-0.15, -0.1) is 0 Å². The van der Waals surface area contributed by atoms with Gasteiger partial charge in [-0.25, -0.2) is 8.42 Å². The number of carbonyl (C=O) groups excluding carboxylic acids is 1. The third kappa shape index (κ3) is 5.49. The molecule has 1 atom stereocenters. The van der Waals surface area contributed by atoms with Gasteiger partial charge in [0.25, 0.3) is 5.91 Å². The monoisotopic (exact) mass is 375 g/mol. The quantitative estimate of drug-likeness (QED) is 0.800. The van der Waals surface area contributed by atoms with Crippen LogP contribution < -0.4 is 14.8 Å². The molecule has 0 aromatic heterocycles. The molecular formula is C19H21NO5S. The van der Waals surface area contributed by atoms with Gasteiger partial charge < -0.3 is 14.8 Å². The SMILES string of the molecule is O=C(COc1ccc(OCc2ccccc2)cc1)NC1CCS(=O)(=O)C1. The maximum atomic E-state index is 11.9. The summed E-state index contributed by atoms with van der Waals surface area (Å²) in [6.07, 6.45) is 0.460. The molecule has 3 rings (SSSR count). The molecule has 0 saturated carbocycles. The van der Waals surface area contributed by atoms with Crippen molar-refractivity contribution in [1.29, 1.82) is 0 Å². The molecule has 1 aliphatic heterocycles. The zero-order valence-corrected chi connectivity index (χ0v) is 15.1. The molecule has 1 heterocycles. The molecule has 1 fully saturated rings. The molecule has 0 aliphatic carbocycles. The molecule has 0 bridgehead atoms. The first-order valence-corrected chi connectivity index (χ1v) is 10.2.